The lowest BCUT2D eigenvalue weighted by atomic mass is 10.1. The number of hydrogen-bond donors (Lipinski definition) is 1. The third-order valence-corrected chi connectivity index (χ3v) is 4.01. The molecule has 25 heavy (non-hydrogen) atoms. The summed E-state index contributed by atoms with van der Waals surface area (Å²) in [6, 6.07) is 13.4. The molecule has 3 aromatic heterocycles. The Kier molecular flexibility index (Phi) is 3.99. The van der Waals surface area contributed by atoms with Crippen molar-refractivity contribution in [1.29, 1.82) is 0 Å². The highest BCUT2D eigenvalue weighted by atomic mass is 35.5. The Morgan fingerprint density at radius 3 is 2.56 bits per heavy atom. The first kappa shape index (κ1) is 15.5. The van der Waals surface area contributed by atoms with E-state index < -0.39 is 0 Å². The Balaban J connectivity index is 1.74. The van der Waals surface area contributed by atoms with Crippen LogP contribution in [0.1, 0.15) is 5.69 Å². The van der Waals surface area contributed by atoms with Gasteiger partial charge in [-0.1, -0.05) is 23.7 Å². The Morgan fingerprint density at radius 1 is 0.960 bits per heavy atom. The zero-order valence-electron chi connectivity index (χ0n) is 13.4. The minimum Gasteiger partial charge on any atom is -0.335 e. The highest BCUT2D eigenvalue weighted by Crippen LogP contribution is 2.24. The molecule has 0 spiro atoms. The molecule has 0 unspecified atom stereocenters. The van der Waals surface area contributed by atoms with Gasteiger partial charge in [0.15, 0.2) is 11.6 Å². The van der Waals surface area contributed by atoms with E-state index in [1.807, 2.05) is 49.4 Å². The number of aromatic nitrogens is 5. The number of pyridine rings is 1. The van der Waals surface area contributed by atoms with Crippen molar-refractivity contribution in [2.75, 3.05) is 0 Å². The van der Waals surface area contributed by atoms with Gasteiger partial charge in [0.05, 0.1) is 17.6 Å². The molecule has 1 N–H and O–H groups in total. The number of imidazole rings is 1. The van der Waals surface area contributed by atoms with E-state index in [0.717, 1.165) is 28.2 Å². The van der Waals surface area contributed by atoms with E-state index in [1.54, 1.807) is 18.6 Å². The molecule has 3 heterocycles. The van der Waals surface area contributed by atoms with E-state index >= 15 is 0 Å². The fourth-order valence-corrected chi connectivity index (χ4v) is 2.67. The molecular formula is C19H14ClN5. The van der Waals surface area contributed by atoms with Crippen molar-refractivity contribution in [3.8, 4) is 34.2 Å². The molecule has 0 aliphatic rings. The maximum absolute atomic E-state index is 5.97. The van der Waals surface area contributed by atoms with Crippen LogP contribution in [-0.4, -0.2) is 24.9 Å². The van der Waals surface area contributed by atoms with Gasteiger partial charge in [-0.2, -0.15) is 0 Å². The zero-order chi connectivity index (χ0) is 17.2. The van der Waals surface area contributed by atoms with Crippen molar-refractivity contribution < 1.29 is 0 Å². The van der Waals surface area contributed by atoms with Gasteiger partial charge in [-0.3, -0.25) is 4.98 Å². The van der Waals surface area contributed by atoms with Crippen molar-refractivity contribution >= 4 is 11.6 Å². The molecule has 0 atom stereocenters. The molecule has 0 amide bonds. The van der Waals surface area contributed by atoms with E-state index in [4.69, 9.17) is 11.6 Å². The summed E-state index contributed by atoms with van der Waals surface area (Å²) in [6.07, 6.45) is 5.29. The van der Waals surface area contributed by atoms with Gasteiger partial charge in [-0.25, -0.2) is 15.0 Å². The maximum atomic E-state index is 5.97. The zero-order valence-corrected chi connectivity index (χ0v) is 14.2. The van der Waals surface area contributed by atoms with Crippen molar-refractivity contribution in [1.82, 2.24) is 24.9 Å². The van der Waals surface area contributed by atoms with Crippen LogP contribution in [0, 0.1) is 6.92 Å². The summed E-state index contributed by atoms with van der Waals surface area (Å²) in [6.45, 7) is 1.94. The van der Waals surface area contributed by atoms with Crippen LogP contribution >= 0.6 is 11.6 Å². The molecule has 4 rings (SSSR count). The van der Waals surface area contributed by atoms with E-state index in [0.29, 0.717) is 16.7 Å². The molecule has 0 aliphatic carbocycles. The van der Waals surface area contributed by atoms with Crippen molar-refractivity contribution in [2.24, 2.45) is 0 Å². The molecule has 4 aromatic rings. The van der Waals surface area contributed by atoms with Gasteiger partial charge >= 0.3 is 0 Å². The Labute approximate surface area is 149 Å². The number of nitrogens with zero attached hydrogens (tertiary/aromatic N) is 4. The second-order valence-corrected chi connectivity index (χ2v) is 6.05. The fraction of sp³-hybridized carbons (Fsp3) is 0.0526. The first-order chi connectivity index (χ1) is 12.2. The van der Waals surface area contributed by atoms with Crippen LogP contribution in [0.5, 0.6) is 0 Å². The molecule has 0 bridgehead atoms. The lowest BCUT2D eigenvalue weighted by Crippen LogP contribution is -1.96. The summed E-state index contributed by atoms with van der Waals surface area (Å²) < 4.78 is 0. The number of nitrogens with one attached hydrogen (secondary N) is 1. The number of halogens is 1. The molecule has 0 fully saturated rings. The largest absolute Gasteiger partial charge is 0.335 e. The monoisotopic (exact) mass is 347 g/mol. The van der Waals surface area contributed by atoms with Crippen LogP contribution in [0.2, 0.25) is 5.02 Å². The average Bonchev–Trinajstić information content (AvgIpc) is 3.13. The van der Waals surface area contributed by atoms with Crippen molar-refractivity contribution in [3.05, 3.63) is 71.8 Å². The summed E-state index contributed by atoms with van der Waals surface area (Å²) in [5, 5.41) is 0.696. The molecule has 122 valence electrons. The molecular weight excluding hydrogens is 334 g/mol. The highest BCUT2D eigenvalue weighted by molar-refractivity contribution is 6.30. The summed E-state index contributed by atoms with van der Waals surface area (Å²) in [7, 11) is 0. The smallest absolute Gasteiger partial charge is 0.196 e. The number of hydrogen-bond acceptors (Lipinski definition) is 4. The number of rotatable bonds is 3. The SMILES string of the molecule is Cc1cc(-c2ccc(Cl)cc2)nc(-c2ncc(-c3cccnc3)[nH]2)n1. The maximum Gasteiger partial charge on any atom is 0.196 e. The van der Waals surface area contributed by atoms with Crippen molar-refractivity contribution in [2.45, 2.75) is 6.92 Å². The van der Waals surface area contributed by atoms with E-state index in [-0.39, 0.29) is 0 Å². The second kappa shape index (κ2) is 6.45. The van der Waals surface area contributed by atoms with Crippen LogP contribution in [0.25, 0.3) is 34.2 Å². The average molecular weight is 348 g/mol. The molecule has 0 radical (unpaired) electrons. The quantitative estimate of drug-likeness (QED) is 0.590. The van der Waals surface area contributed by atoms with E-state index in [1.165, 1.54) is 0 Å². The molecule has 0 saturated carbocycles. The van der Waals surface area contributed by atoms with Gasteiger partial charge in [-0.05, 0) is 37.3 Å². The third-order valence-electron chi connectivity index (χ3n) is 3.75. The van der Waals surface area contributed by atoms with Gasteiger partial charge in [0.2, 0.25) is 0 Å². The van der Waals surface area contributed by atoms with E-state index in [2.05, 4.69) is 24.9 Å². The minimum absolute atomic E-state index is 0.556. The van der Waals surface area contributed by atoms with Gasteiger partial charge in [0.1, 0.15) is 0 Å². The van der Waals surface area contributed by atoms with Crippen LogP contribution in [0.4, 0.5) is 0 Å². The van der Waals surface area contributed by atoms with Gasteiger partial charge in [0, 0.05) is 34.2 Å². The number of H-pyrrole nitrogens is 1. The first-order valence-electron chi connectivity index (χ1n) is 7.76. The number of aromatic amines is 1. The number of aryl methyl sites for hydroxylation is 1. The summed E-state index contributed by atoms with van der Waals surface area (Å²) in [4.78, 5) is 21.0. The Hall–Kier alpha value is -3.05. The normalized spacial score (nSPS) is 10.8. The lowest BCUT2D eigenvalue weighted by molar-refractivity contribution is 1.08. The summed E-state index contributed by atoms with van der Waals surface area (Å²) >= 11 is 5.97. The highest BCUT2D eigenvalue weighted by Gasteiger charge is 2.11. The van der Waals surface area contributed by atoms with Gasteiger partial charge in [0.25, 0.3) is 0 Å². The lowest BCUT2D eigenvalue weighted by Gasteiger charge is -2.05. The predicted octanol–water partition coefficient (Wildman–Crippen LogP) is 4.56. The van der Waals surface area contributed by atoms with E-state index in [9.17, 15) is 0 Å². The minimum atomic E-state index is 0.556. The standard InChI is InChI=1S/C19H14ClN5/c1-12-9-16(13-4-6-15(20)7-5-13)24-19(23-12)18-22-11-17(25-18)14-3-2-8-21-10-14/h2-11H,1H3,(H,22,25). The molecule has 0 saturated heterocycles. The second-order valence-electron chi connectivity index (χ2n) is 5.61. The van der Waals surface area contributed by atoms with Crippen LogP contribution in [0.15, 0.2) is 61.1 Å². The summed E-state index contributed by atoms with van der Waals surface area (Å²) in [5.74, 6) is 1.18. The van der Waals surface area contributed by atoms with Gasteiger partial charge in [-0.15, -0.1) is 0 Å². The van der Waals surface area contributed by atoms with Crippen molar-refractivity contribution in [3.63, 3.8) is 0 Å². The topological polar surface area (TPSA) is 67.3 Å². The number of benzene rings is 1. The van der Waals surface area contributed by atoms with Crippen LogP contribution < -0.4 is 0 Å². The predicted molar refractivity (Wildman–Crippen MR) is 98.0 cm³/mol. The molecule has 0 aliphatic heterocycles. The molecule has 5 nitrogen and oxygen atoms in total. The van der Waals surface area contributed by atoms with Gasteiger partial charge < -0.3 is 4.98 Å². The Bertz CT molecular complexity index is 1010. The van der Waals surface area contributed by atoms with Crippen LogP contribution in [-0.2, 0) is 0 Å². The first-order valence-corrected chi connectivity index (χ1v) is 8.14. The Morgan fingerprint density at radius 2 is 1.80 bits per heavy atom. The fourth-order valence-electron chi connectivity index (χ4n) is 2.55. The summed E-state index contributed by atoms with van der Waals surface area (Å²) in [5.41, 5.74) is 4.52. The third kappa shape index (κ3) is 3.27. The van der Waals surface area contributed by atoms with Crippen LogP contribution in [0.3, 0.4) is 0 Å². The molecule has 6 heteroatoms. The molecule has 1 aromatic carbocycles.